The maximum atomic E-state index is 5.98. The predicted octanol–water partition coefficient (Wildman–Crippen LogP) is 3.37. The van der Waals surface area contributed by atoms with E-state index < -0.39 is 0 Å². The van der Waals surface area contributed by atoms with Crippen molar-refractivity contribution in [3.8, 4) is 5.88 Å². The van der Waals surface area contributed by atoms with Crippen molar-refractivity contribution in [3.63, 3.8) is 0 Å². The van der Waals surface area contributed by atoms with Gasteiger partial charge in [-0.3, -0.25) is 0 Å². The molecule has 2 aliphatic heterocycles. The highest BCUT2D eigenvalue weighted by Crippen LogP contribution is 2.23. The van der Waals surface area contributed by atoms with E-state index in [-0.39, 0.29) is 36.2 Å². The van der Waals surface area contributed by atoms with Gasteiger partial charge in [0.1, 0.15) is 12.2 Å². The molecule has 2 saturated heterocycles. The lowest BCUT2D eigenvalue weighted by Gasteiger charge is -2.37. The summed E-state index contributed by atoms with van der Waals surface area (Å²) >= 11 is 0. The lowest BCUT2D eigenvalue weighted by Crippen LogP contribution is -2.53. The van der Waals surface area contributed by atoms with E-state index in [2.05, 4.69) is 28.2 Å². The van der Waals surface area contributed by atoms with E-state index in [0.29, 0.717) is 19.3 Å². The first-order chi connectivity index (χ1) is 14.3. The SMILES string of the molecule is CCNC(=NCc1ccc(OC2CCCC2)nc1)N1CCOC(C2CCCO2)C1.I. The normalized spacial score (nSPS) is 25.2. The highest BCUT2D eigenvalue weighted by molar-refractivity contribution is 14.0. The quantitative estimate of drug-likeness (QED) is 0.346. The maximum Gasteiger partial charge on any atom is 0.213 e. The molecule has 1 aliphatic carbocycles. The third-order valence-corrected chi connectivity index (χ3v) is 5.91. The summed E-state index contributed by atoms with van der Waals surface area (Å²) in [5.74, 6) is 1.66. The summed E-state index contributed by atoms with van der Waals surface area (Å²) in [5.41, 5.74) is 1.09. The van der Waals surface area contributed by atoms with Crippen molar-refractivity contribution in [1.29, 1.82) is 0 Å². The number of halogens is 1. The number of hydrogen-bond acceptors (Lipinski definition) is 5. The van der Waals surface area contributed by atoms with Gasteiger partial charge in [0, 0.05) is 38.5 Å². The Hall–Kier alpha value is -1.13. The largest absolute Gasteiger partial charge is 0.474 e. The van der Waals surface area contributed by atoms with E-state index in [1.165, 1.54) is 12.8 Å². The zero-order valence-corrected chi connectivity index (χ0v) is 20.3. The second-order valence-corrected chi connectivity index (χ2v) is 8.11. The first-order valence-electron chi connectivity index (χ1n) is 11.2. The van der Waals surface area contributed by atoms with Crippen molar-refractivity contribution in [2.75, 3.05) is 32.8 Å². The highest BCUT2D eigenvalue weighted by Gasteiger charge is 2.32. The number of nitrogens with one attached hydrogen (secondary N) is 1. The van der Waals surface area contributed by atoms with E-state index in [0.717, 1.165) is 69.3 Å². The van der Waals surface area contributed by atoms with Crippen LogP contribution in [0.3, 0.4) is 0 Å². The van der Waals surface area contributed by atoms with Gasteiger partial charge in [-0.25, -0.2) is 9.98 Å². The number of morpholine rings is 1. The zero-order valence-electron chi connectivity index (χ0n) is 17.9. The lowest BCUT2D eigenvalue weighted by atomic mass is 10.1. The Morgan fingerprint density at radius 3 is 2.70 bits per heavy atom. The van der Waals surface area contributed by atoms with Crippen LogP contribution in [0, 0.1) is 0 Å². The number of hydrogen-bond donors (Lipinski definition) is 1. The monoisotopic (exact) mass is 530 g/mol. The number of pyridine rings is 1. The molecular weight excluding hydrogens is 495 g/mol. The zero-order chi connectivity index (χ0) is 19.9. The molecule has 3 heterocycles. The number of nitrogens with zero attached hydrogens (tertiary/aromatic N) is 3. The van der Waals surface area contributed by atoms with Crippen LogP contribution in [0.5, 0.6) is 5.88 Å². The van der Waals surface area contributed by atoms with Gasteiger partial charge in [0.15, 0.2) is 5.96 Å². The summed E-state index contributed by atoms with van der Waals surface area (Å²) < 4.78 is 17.8. The number of ether oxygens (including phenoxy) is 3. The molecule has 1 saturated carbocycles. The Balaban J connectivity index is 0.00000256. The molecule has 30 heavy (non-hydrogen) atoms. The van der Waals surface area contributed by atoms with Crippen LogP contribution in [0.2, 0.25) is 0 Å². The second kappa shape index (κ2) is 12.0. The van der Waals surface area contributed by atoms with Crippen molar-refractivity contribution in [1.82, 2.24) is 15.2 Å². The fourth-order valence-electron chi connectivity index (χ4n) is 4.33. The minimum absolute atomic E-state index is 0. The van der Waals surface area contributed by atoms with E-state index >= 15 is 0 Å². The Kier molecular flexibility index (Phi) is 9.45. The number of aliphatic imine (C=N–C) groups is 1. The summed E-state index contributed by atoms with van der Waals surface area (Å²) in [7, 11) is 0. The van der Waals surface area contributed by atoms with E-state index in [9.17, 15) is 0 Å². The van der Waals surface area contributed by atoms with Gasteiger partial charge in [0.2, 0.25) is 5.88 Å². The number of aromatic nitrogens is 1. The number of rotatable bonds is 6. The third kappa shape index (κ3) is 6.43. The Morgan fingerprint density at radius 1 is 1.17 bits per heavy atom. The van der Waals surface area contributed by atoms with Crippen molar-refractivity contribution in [2.24, 2.45) is 4.99 Å². The summed E-state index contributed by atoms with van der Waals surface area (Å²) in [6, 6.07) is 4.04. The van der Waals surface area contributed by atoms with Crippen LogP contribution in [0.25, 0.3) is 0 Å². The van der Waals surface area contributed by atoms with E-state index in [1.54, 1.807) is 0 Å². The Bertz CT molecular complexity index is 661. The van der Waals surface area contributed by atoms with Gasteiger partial charge in [-0.05, 0) is 51.0 Å². The first-order valence-corrected chi connectivity index (χ1v) is 11.2. The molecule has 0 amide bonds. The summed E-state index contributed by atoms with van der Waals surface area (Å²) in [6.45, 7) is 6.78. The molecule has 0 aromatic carbocycles. The molecule has 3 fully saturated rings. The molecule has 4 rings (SSSR count). The van der Waals surface area contributed by atoms with Crippen molar-refractivity contribution < 1.29 is 14.2 Å². The van der Waals surface area contributed by atoms with Crippen molar-refractivity contribution in [3.05, 3.63) is 23.9 Å². The molecule has 1 aromatic rings. The van der Waals surface area contributed by atoms with Gasteiger partial charge in [-0.2, -0.15) is 0 Å². The van der Waals surface area contributed by atoms with Crippen LogP contribution in [-0.2, 0) is 16.0 Å². The van der Waals surface area contributed by atoms with Crippen LogP contribution in [-0.4, -0.2) is 67.0 Å². The lowest BCUT2D eigenvalue weighted by molar-refractivity contribution is -0.0817. The summed E-state index contributed by atoms with van der Waals surface area (Å²) in [4.78, 5) is 11.6. The standard InChI is InChI=1S/C22H34N4O3.HI/c1-2-23-22(26-11-13-28-20(16-26)19-8-5-12-27-19)25-15-17-9-10-21(24-14-17)29-18-6-3-4-7-18;/h9-10,14,18-20H,2-8,11-13,15-16H2,1H3,(H,23,25);1H. The fourth-order valence-corrected chi connectivity index (χ4v) is 4.33. The average Bonchev–Trinajstić information content (AvgIpc) is 3.47. The summed E-state index contributed by atoms with van der Waals surface area (Å²) in [6.07, 6.45) is 9.61. The topological polar surface area (TPSA) is 68.2 Å². The molecule has 168 valence electrons. The average molecular weight is 530 g/mol. The van der Waals surface area contributed by atoms with Gasteiger partial charge in [0.25, 0.3) is 0 Å². The van der Waals surface area contributed by atoms with Crippen LogP contribution in [0.15, 0.2) is 23.3 Å². The molecule has 8 heteroatoms. The Labute approximate surface area is 197 Å². The molecule has 0 bridgehead atoms. The van der Waals surface area contributed by atoms with E-state index in [4.69, 9.17) is 19.2 Å². The molecule has 0 radical (unpaired) electrons. The maximum absolute atomic E-state index is 5.98. The third-order valence-electron chi connectivity index (χ3n) is 5.91. The minimum atomic E-state index is 0. The van der Waals surface area contributed by atoms with Gasteiger partial charge < -0.3 is 24.4 Å². The van der Waals surface area contributed by atoms with Gasteiger partial charge >= 0.3 is 0 Å². The predicted molar refractivity (Wildman–Crippen MR) is 128 cm³/mol. The molecule has 0 spiro atoms. The van der Waals surface area contributed by atoms with Crippen LogP contribution >= 0.6 is 24.0 Å². The van der Waals surface area contributed by atoms with Gasteiger partial charge in [0.05, 0.1) is 19.3 Å². The van der Waals surface area contributed by atoms with Crippen molar-refractivity contribution in [2.45, 2.75) is 70.3 Å². The molecule has 7 nitrogen and oxygen atoms in total. The molecule has 1 N–H and O–H groups in total. The van der Waals surface area contributed by atoms with Crippen LogP contribution < -0.4 is 10.1 Å². The first kappa shape index (κ1) is 23.5. The number of guanidine groups is 1. The van der Waals surface area contributed by atoms with Crippen LogP contribution in [0.1, 0.15) is 51.0 Å². The molecule has 2 unspecified atom stereocenters. The molecule has 2 atom stereocenters. The second-order valence-electron chi connectivity index (χ2n) is 8.11. The summed E-state index contributed by atoms with van der Waals surface area (Å²) in [5, 5.41) is 3.43. The fraction of sp³-hybridized carbons (Fsp3) is 0.727. The molecule has 1 aromatic heterocycles. The molecular formula is C22H35IN4O3. The smallest absolute Gasteiger partial charge is 0.213 e. The Morgan fingerprint density at radius 2 is 2.00 bits per heavy atom. The van der Waals surface area contributed by atoms with Gasteiger partial charge in [-0.15, -0.1) is 24.0 Å². The van der Waals surface area contributed by atoms with Gasteiger partial charge in [-0.1, -0.05) is 6.07 Å². The van der Waals surface area contributed by atoms with E-state index in [1.807, 2.05) is 12.3 Å². The minimum Gasteiger partial charge on any atom is -0.474 e. The molecule has 3 aliphatic rings. The van der Waals surface area contributed by atoms with Crippen molar-refractivity contribution >= 4 is 29.9 Å². The van der Waals surface area contributed by atoms with Crippen LogP contribution in [0.4, 0.5) is 0 Å². The highest BCUT2D eigenvalue weighted by atomic mass is 127.